The van der Waals surface area contributed by atoms with Gasteiger partial charge in [0, 0.05) is 37.1 Å². The van der Waals surface area contributed by atoms with E-state index in [0.29, 0.717) is 32.1 Å². The van der Waals surface area contributed by atoms with Gasteiger partial charge in [0.15, 0.2) is 14.3 Å². The van der Waals surface area contributed by atoms with E-state index in [0.717, 1.165) is 20.1 Å². The summed E-state index contributed by atoms with van der Waals surface area (Å²) in [7, 11) is -8.03. The average Bonchev–Trinajstić information content (AvgIpc) is 3.48. The van der Waals surface area contributed by atoms with Crippen LogP contribution in [0.25, 0.3) is 0 Å². The Morgan fingerprint density at radius 3 is 0.760 bits per heavy atom. The molecule has 0 aliphatic carbocycles. The second kappa shape index (κ2) is 26.8. The number of aromatic nitrogens is 3. The van der Waals surface area contributed by atoms with E-state index in [1.165, 1.54) is 21.2 Å². The minimum absolute atomic E-state index is 0. The summed E-state index contributed by atoms with van der Waals surface area (Å²) in [6.45, 7) is 0. The van der Waals surface area contributed by atoms with Crippen LogP contribution in [0.4, 0.5) is 0 Å². The summed E-state index contributed by atoms with van der Waals surface area (Å²) in [6, 6.07) is 98.4. The third-order valence-electron chi connectivity index (χ3n) is 11.8. The predicted octanol–water partition coefficient (Wildman–Crippen LogP) is 12.2. The normalized spacial score (nSPS) is 11.0. The zero-order valence-electron chi connectivity index (χ0n) is 40.0. The molecule has 0 saturated carbocycles. The number of benzene rings is 8. The smallest absolute Gasteiger partial charge is 0.188 e. The van der Waals surface area contributed by atoms with Crippen molar-refractivity contribution in [1.82, 2.24) is 15.0 Å². The Balaban J connectivity index is 0.000000172. The highest BCUT2D eigenvalue weighted by Gasteiger charge is 2.36. The molecule has 0 bridgehead atoms. The summed E-state index contributed by atoms with van der Waals surface area (Å²) in [5, 5.41) is 8.06. The van der Waals surface area contributed by atoms with E-state index in [2.05, 4.69) is 176 Å². The molecule has 0 N–H and O–H groups in total. The van der Waals surface area contributed by atoms with E-state index in [9.17, 15) is 9.13 Å². The zero-order valence-corrected chi connectivity index (χ0v) is 46.7. The molecule has 5 nitrogen and oxygen atoms in total. The summed E-state index contributed by atoms with van der Waals surface area (Å²) >= 11 is 6.44. The molecule has 11 rings (SSSR count). The molecule has 0 unspecified atom stereocenters. The highest BCUT2D eigenvalue weighted by molar-refractivity contribution is 9.11. The molecule has 370 valence electrons. The number of halogens is 2. The van der Waals surface area contributed by atoms with Gasteiger partial charge in [-0.1, -0.05) is 268 Å². The van der Waals surface area contributed by atoms with E-state index in [1.54, 1.807) is 12.1 Å². The third-order valence-corrected chi connectivity index (χ3v) is 23.2. The first-order valence-corrected chi connectivity index (χ1v) is 31.5. The number of pyridine rings is 3. The lowest BCUT2D eigenvalue weighted by Gasteiger charge is -2.22. The maximum Gasteiger partial charge on any atom is 0.188 e. The molecule has 3 heterocycles. The van der Waals surface area contributed by atoms with Crippen molar-refractivity contribution in [2.75, 3.05) is 0 Å². The van der Waals surface area contributed by atoms with E-state index in [-0.39, 0.29) is 7.43 Å². The van der Waals surface area contributed by atoms with Gasteiger partial charge < -0.3 is 9.13 Å². The van der Waals surface area contributed by atoms with Crippen molar-refractivity contribution in [1.29, 1.82) is 0 Å². The van der Waals surface area contributed by atoms with Gasteiger partial charge in [0.1, 0.15) is 20.1 Å². The largest absolute Gasteiger partial charge is 0.307 e. The topological polar surface area (TPSA) is 72.8 Å². The molecule has 0 aliphatic rings. The Morgan fingerprint density at radius 1 is 0.267 bits per heavy atom. The molecule has 8 aromatic carbocycles. The maximum atomic E-state index is 14.8. The van der Waals surface area contributed by atoms with Crippen LogP contribution in [0, 0.1) is 0 Å². The molecule has 3 aromatic heterocycles. The van der Waals surface area contributed by atoms with Crippen molar-refractivity contribution in [3.05, 3.63) is 306 Å². The summed E-state index contributed by atoms with van der Waals surface area (Å²) in [6.07, 6.45) is 0. The van der Waals surface area contributed by atoms with Crippen LogP contribution in [0.1, 0.15) is 7.43 Å². The first-order valence-electron chi connectivity index (χ1n) is 23.8. The van der Waals surface area contributed by atoms with E-state index >= 15 is 0 Å². The molecule has 75 heavy (non-hydrogen) atoms. The first-order chi connectivity index (χ1) is 36.3. The van der Waals surface area contributed by atoms with Crippen molar-refractivity contribution in [2.24, 2.45) is 0 Å². The average molecular weight is 1180 g/mol. The molecule has 11 aromatic rings. The molecule has 0 aliphatic heterocycles. The minimum atomic E-state index is -3.29. The minimum Gasteiger partial charge on any atom is -0.307 e. The van der Waals surface area contributed by atoms with Gasteiger partial charge >= 0.3 is 0 Å². The van der Waals surface area contributed by atoms with E-state index < -0.39 is 30.1 Å². The van der Waals surface area contributed by atoms with Gasteiger partial charge in [-0.15, -0.1) is 0 Å². The fourth-order valence-corrected chi connectivity index (χ4v) is 18.9. The zero-order chi connectivity index (χ0) is 51.0. The summed E-state index contributed by atoms with van der Waals surface area (Å²) < 4.78 is 31.3. The van der Waals surface area contributed by atoms with E-state index in [4.69, 9.17) is 9.97 Å². The van der Waals surface area contributed by atoms with Gasteiger partial charge in [0.25, 0.3) is 0 Å². The fourth-order valence-electron chi connectivity index (χ4n) is 8.32. The van der Waals surface area contributed by atoms with Gasteiger partial charge in [-0.3, -0.25) is 0 Å². The van der Waals surface area contributed by atoms with Gasteiger partial charge in [-0.2, -0.15) is 0 Å². The van der Waals surface area contributed by atoms with Crippen LogP contribution in [0.2, 0.25) is 0 Å². The van der Waals surface area contributed by atoms with Crippen molar-refractivity contribution in [3.63, 3.8) is 0 Å². The second-order valence-electron chi connectivity index (χ2n) is 16.6. The van der Waals surface area contributed by atoms with Crippen LogP contribution in [0.3, 0.4) is 0 Å². The summed E-state index contributed by atoms with van der Waals surface area (Å²) in [5.41, 5.74) is 3.15. The maximum absolute atomic E-state index is 14.8. The predicted molar refractivity (Wildman–Crippen MR) is 331 cm³/mol. The Hall–Kier alpha value is -6.51. The van der Waals surface area contributed by atoms with Crippen molar-refractivity contribution < 1.29 is 9.13 Å². The van der Waals surface area contributed by atoms with Crippen molar-refractivity contribution in [2.45, 2.75) is 7.43 Å². The number of nitrogens with zero attached hydrogens (tertiary/aromatic N) is 3. The molecule has 0 fully saturated rings. The van der Waals surface area contributed by atoms with Crippen LogP contribution in [-0.4, -0.2) is 15.0 Å². The molecule has 0 amide bonds. The quantitative estimate of drug-likeness (QED) is 0.0900. The SMILES string of the molecule is Brc1cccc(Br)n1.C.O=P(c1ccccc1)(c1ccccc1)c1cccc(P(=O)(c2ccccc2)c2ccccc2)n1.c1ccc(P(c2ccccc2)c2cccc(P(c3ccccc3)c3ccccc3)n2)cc1. The van der Waals surface area contributed by atoms with Gasteiger partial charge in [0.05, 0.1) is 10.9 Å². The van der Waals surface area contributed by atoms with Gasteiger partial charge in [-0.05, 0) is 89.5 Å². The molecule has 0 saturated heterocycles. The third kappa shape index (κ3) is 13.3. The van der Waals surface area contributed by atoms with Gasteiger partial charge in [0.2, 0.25) is 0 Å². The number of hydrogen-bond acceptors (Lipinski definition) is 5. The molecule has 0 radical (unpaired) electrons. The van der Waals surface area contributed by atoms with Crippen molar-refractivity contribution >= 4 is 126 Å². The lowest BCUT2D eigenvalue weighted by molar-refractivity contribution is 0.592. The number of hydrogen-bond donors (Lipinski definition) is 0. The molecule has 11 heteroatoms. The Kier molecular flexibility index (Phi) is 19.6. The van der Waals surface area contributed by atoms with Crippen molar-refractivity contribution in [3.8, 4) is 0 Å². The van der Waals surface area contributed by atoms with Crippen LogP contribution in [0.15, 0.2) is 306 Å². The van der Waals surface area contributed by atoms with Crippen LogP contribution in [0.5, 0.6) is 0 Å². The number of rotatable bonds is 12. The lowest BCUT2D eigenvalue weighted by Crippen LogP contribution is -2.33. The highest BCUT2D eigenvalue weighted by atomic mass is 79.9. The lowest BCUT2D eigenvalue weighted by atomic mass is 10.4. The molecule has 0 atom stereocenters. The standard InChI is InChI=1S/C29H23NO2P2.C29H23NP2.C5H3Br2N.CH4/c31-33(24-14-5-1-6-15-24,25-16-7-2-8-17-25)28-22-13-23-29(30-28)34(32,26-18-9-3-10-19-26)27-20-11-4-12-21-27;1-5-14-24(15-6-1)31(25-16-7-2-8-17-25)28-22-13-23-29(30-28)32(26-18-9-3-10-19-26)27-20-11-4-12-21-27;6-4-2-1-3-5(7)8-4;/h1-23H;1-23H;1-3H;1H4. The van der Waals surface area contributed by atoms with Crippen LogP contribution < -0.4 is 64.2 Å². The Labute approximate surface area is 460 Å². The Bertz CT molecular complexity index is 3200. The van der Waals surface area contributed by atoms with Crippen LogP contribution >= 0.6 is 62.0 Å². The molecular weight excluding hydrogens is 1130 g/mol. The highest BCUT2D eigenvalue weighted by Crippen LogP contribution is 2.45. The van der Waals surface area contributed by atoms with Gasteiger partial charge in [-0.25, -0.2) is 15.0 Å². The Morgan fingerprint density at radius 2 is 0.507 bits per heavy atom. The first kappa shape index (κ1) is 54.7. The van der Waals surface area contributed by atoms with E-state index in [1.807, 2.05) is 146 Å². The van der Waals surface area contributed by atoms with Crippen LogP contribution in [-0.2, 0) is 9.13 Å². The second-order valence-corrected chi connectivity index (χ2v) is 27.9. The summed E-state index contributed by atoms with van der Waals surface area (Å²) in [4.78, 5) is 14.2. The summed E-state index contributed by atoms with van der Waals surface area (Å²) in [5.74, 6) is 0. The molecular formula is C64H53Br2N3O2P4. The monoisotopic (exact) mass is 1180 g/mol. The molecule has 0 spiro atoms. The fraction of sp³-hybridized carbons (Fsp3) is 0.0156.